The van der Waals surface area contributed by atoms with E-state index in [0.717, 1.165) is 30.2 Å². The Kier molecular flexibility index (Phi) is 13.3. The molecule has 0 aliphatic heterocycles. The van der Waals surface area contributed by atoms with Crippen LogP contribution in [0.5, 0.6) is 5.75 Å². The molecule has 0 aromatic heterocycles. The zero-order valence-corrected chi connectivity index (χ0v) is 17.3. The highest BCUT2D eigenvalue weighted by Gasteiger charge is 2.05. The third kappa shape index (κ3) is 9.12. The van der Waals surface area contributed by atoms with Gasteiger partial charge in [-0.2, -0.15) is 0 Å². The lowest BCUT2D eigenvalue weighted by atomic mass is 10.1. The molecule has 0 aliphatic rings. The fourth-order valence-corrected chi connectivity index (χ4v) is 1.99. The first-order chi connectivity index (χ1) is 11.2. The largest absolute Gasteiger partial charge is 0.493 e. The van der Waals surface area contributed by atoms with Crippen LogP contribution in [0.2, 0.25) is 0 Å². The third-order valence-electron chi connectivity index (χ3n) is 3.14. The first kappa shape index (κ1) is 22.7. The van der Waals surface area contributed by atoms with Crippen LogP contribution in [0.15, 0.2) is 35.8 Å². The minimum Gasteiger partial charge on any atom is -0.493 e. The van der Waals surface area contributed by atoms with E-state index in [1.807, 2.05) is 13.0 Å². The summed E-state index contributed by atoms with van der Waals surface area (Å²) in [5.74, 6) is 1.67. The van der Waals surface area contributed by atoms with Gasteiger partial charge in [0.15, 0.2) is 5.96 Å². The number of hydrogen-bond donors (Lipinski definition) is 2. The number of methoxy groups -OCH3 is 1. The number of hydrogen-bond acceptors (Lipinski definition) is 3. The van der Waals surface area contributed by atoms with Crippen molar-refractivity contribution < 1.29 is 9.47 Å². The number of benzene rings is 1. The maximum Gasteiger partial charge on any atom is 0.191 e. The standard InChI is InChI=1S/C18H29N3O2.HI/c1-5-10-20-18(19-6-2)21-14-16-9-8-15(3)13-17(16)23-12-7-11-22-4;/h5,8-9,13H,1,6-7,10-12,14H2,2-4H3,(H2,19,20,21);1H. The monoisotopic (exact) mass is 447 g/mol. The van der Waals surface area contributed by atoms with Gasteiger partial charge < -0.3 is 20.1 Å². The Labute approximate surface area is 162 Å². The first-order valence-corrected chi connectivity index (χ1v) is 8.05. The summed E-state index contributed by atoms with van der Waals surface area (Å²) in [7, 11) is 1.70. The van der Waals surface area contributed by atoms with Crippen molar-refractivity contribution in [2.75, 3.05) is 33.4 Å². The summed E-state index contributed by atoms with van der Waals surface area (Å²) in [4.78, 5) is 4.60. The summed E-state index contributed by atoms with van der Waals surface area (Å²) in [5, 5.41) is 6.41. The Hall–Kier alpha value is -1.28. The molecule has 0 amide bonds. The fourth-order valence-electron chi connectivity index (χ4n) is 1.99. The van der Waals surface area contributed by atoms with Gasteiger partial charge in [-0.05, 0) is 25.5 Å². The molecule has 1 rings (SSSR count). The minimum absolute atomic E-state index is 0. The molecule has 24 heavy (non-hydrogen) atoms. The molecule has 0 radical (unpaired) electrons. The minimum atomic E-state index is 0. The van der Waals surface area contributed by atoms with Crippen molar-refractivity contribution in [2.45, 2.75) is 26.8 Å². The van der Waals surface area contributed by atoms with Crippen LogP contribution < -0.4 is 15.4 Å². The molecule has 0 spiro atoms. The van der Waals surface area contributed by atoms with Crippen molar-refractivity contribution in [3.8, 4) is 5.75 Å². The number of rotatable bonds is 10. The Morgan fingerprint density at radius 3 is 2.75 bits per heavy atom. The average Bonchev–Trinajstić information content (AvgIpc) is 2.55. The molecule has 1 aromatic rings. The molecule has 5 nitrogen and oxygen atoms in total. The summed E-state index contributed by atoms with van der Waals surface area (Å²) >= 11 is 0. The van der Waals surface area contributed by atoms with E-state index in [2.05, 4.69) is 47.3 Å². The van der Waals surface area contributed by atoms with Crippen molar-refractivity contribution in [3.05, 3.63) is 42.0 Å². The van der Waals surface area contributed by atoms with Crippen LogP contribution in [-0.2, 0) is 11.3 Å². The summed E-state index contributed by atoms with van der Waals surface area (Å²) in [6.45, 7) is 11.2. The van der Waals surface area contributed by atoms with E-state index in [9.17, 15) is 0 Å². The molecule has 0 fully saturated rings. The molecular formula is C18H30IN3O2. The van der Waals surface area contributed by atoms with Gasteiger partial charge in [-0.1, -0.05) is 18.2 Å². The predicted octanol–water partition coefficient (Wildman–Crippen LogP) is 3.27. The molecule has 1 aromatic carbocycles. The fraction of sp³-hybridized carbons (Fsp3) is 0.500. The van der Waals surface area contributed by atoms with Crippen LogP contribution in [0.1, 0.15) is 24.5 Å². The Balaban J connectivity index is 0.00000529. The van der Waals surface area contributed by atoms with Crippen molar-refractivity contribution >= 4 is 29.9 Å². The van der Waals surface area contributed by atoms with E-state index in [0.29, 0.717) is 26.3 Å². The lowest BCUT2D eigenvalue weighted by Crippen LogP contribution is -2.37. The van der Waals surface area contributed by atoms with Crippen molar-refractivity contribution in [1.29, 1.82) is 0 Å². The van der Waals surface area contributed by atoms with E-state index < -0.39 is 0 Å². The van der Waals surface area contributed by atoms with E-state index in [1.165, 1.54) is 5.56 Å². The molecule has 2 N–H and O–H groups in total. The quantitative estimate of drug-likeness (QED) is 0.190. The highest BCUT2D eigenvalue weighted by molar-refractivity contribution is 14.0. The van der Waals surface area contributed by atoms with E-state index in [-0.39, 0.29) is 24.0 Å². The zero-order chi connectivity index (χ0) is 16.9. The molecule has 136 valence electrons. The molecule has 0 atom stereocenters. The Bertz CT molecular complexity index is 507. The van der Waals surface area contributed by atoms with Crippen molar-refractivity contribution in [3.63, 3.8) is 0 Å². The summed E-state index contributed by atoms with van der Waals surface area (Å²) in [6, 6.07) is 6.21. The van der Waals surface area contributed by atoms with Crippen LogP contribution in [-0.4, -0.2) is 39.4 Å². The van der Waals surface area contributed by atoms with Gasteiger partial charge in [0.05, 0.1) is 13.2 Å². The van der Waals surface area contributed by atoms with Crippen LogP contribution in [0.25, 0.3) is 0 Å². The lowest BCUT2D eigenvalue weighted by Gasteiger charge is -2.13. The smallest absolute Gasteiger partial charge is 0.191 e. The average molecular weight is 447 g/mol. The highest BCUT2D eigenvalue weighted by Crippen LogP contribution is 2.21. The van der Waals surface area contributed by atoms with E-state index in [4.69, 9.17) is 9.47 Å². The van der Waals surface area contributed by atoms with E-state index >= 15 is 0 Å². The SMILES string of the molecule is C=CCNC(=NCc1ccc(C)cc1OCCCOC)NCC.I. The first-order valence-electron chi connectivity index (χ1n) is 8.05. The number of halogens is 1. The second-order valence-electron chi connectivity index (χ2n) is 5.17. The molecule has 6 heteroatoms. The number of ether oxygens (including phenoxy) is 2. The van der Waals surface area contributed by atoms with Gasteiger partial charge in [0.1, 0.15) is 5.75 Å². The van der Waals surface area contributed by atoms with E-state index in [1.54, 1.807) is 7.11 Å². The van der Waals surface area contributed by atoms with Crippen LogP contribution in [0.4, 0.5) is 0 Å². The molecule has 0 unspecified atom stereocenters. The number of aryl methyl sites for hydroxylation is 1. The number of guanidine groups is 1. The van der Waals surface area contributed by atoms with Gasteiger partial charge in [0.2, 0.25) is 0 Å². The summed E-state index contributed by atoms with van der Waals surface area (Å²) in [6.07, 6.45) is 2.68. The van der Waals surface area contributed by atoms with Gasteiger partial charge >= 0.3 is 0 Å². The summed E-state index contributed by atoms with van der Waals surface area (Å²) < 4.78 is 10.9. The van der Waals surface area contributed by atoms with Gasteiger partial charge in [0, 0.05) is 38.8 Å². The summed E-state index contributed by atoms with van der Waals surface area (Å²) in [5.41, 5.74) is 2.25. The number of aliphatic imine (C=N–C) groups is 1. The highest BCUT2D eigenvalue weighted by atomic mass is 127. The molecule has 0 bridgehead atoms. The third-order valence-corrected chi connectivity index (χ3v) is 3.14. The lowest BCUT2D eigenvalue weighted by molar-refractivity contribution is 0.172. The van der Waals surface area contributed by atoms with Crippen molar-refractivity contribution in [1.82, 2.24) is 10.6 Å². The van der Waals surface area contributed by atoms with Crippen molar-refractivity contribution in [2.24, 2.45) is 4.99 Å². The maximum atomic E-state index is 5.89. The molecule has 0 saturated heterocycles. The Morgan fingerprint density at radius 1 is 1.29 bits per heavy atom. The van der Waals surface area contributed by atoms with Crippen LogP contribution in [0, 0.1) is 6.92 Å². The molecular weight excluding hydrogens is 417 g/mol. The predicted molar refractivity (Wildman–Crippen MR) is 112 cm³/mol. The van der Waals surface area contributed by atoms with Gasteiger partial charge in [-0.3, -0.25) is 0 Å². The molecule has 0 aliphatic carbocycles. The number of nitrogens with one attached hydrogen (secondary N) is 2. The molecule has 0 heterocycles. The van der Waals surface area contributed by atoms with Gasteiger partial charge in [-0.25, -0.2) is 4.99 Å². The van der Waals surface area contributed by atoms with Crippen LogP contribution >= 0.6 is 24.0 Å². The normalized spacial score (nSPS) is 10.7. The molecule has 0 saturated carbocycles. The van der Waals surface area contributed by atoms with Gasteiger partial charge in [-0.15, -0.1) is 30.6 Å². The topological polar surface area (TPSA) is 54.9 Å². The van der Waals surface area contributed by atoms with Crippen LogP contribution in [0.3, 0.4) is 0 Å². The van der Waals surface area contributed by atoms with Gasteiger partial charge in [0.25, 0.3) is 0 Å². The zero-order valence-electron chi connectivity index (χ0n) is 14.9. The second-order valence-corrected chi connectivity index (χ2v) is 5.17. The second kappa shape index (κ2) is 14.1. The maximum absolute atomic E-state index is 5.89. The Morgan fingerprint density at radius 2 is 2.08 bits per heavy atom. The number of nitrogens with zero attached hydrogens (tertiary/aromatic N) is 1.